The molecule has 2 aromatic rings. The molecular weight excluding hydrogens is 285 g/mol. The average molecular weight is 305 g/mol. The van der Waals surface area contributed by atoms with Crippen LogP contribution in [0, 0.1) is 12.7 Å². The van der Waals surface area contributed by atoms with E-state index in [0.29, 0.717) is 6.42 Å². The predicted octanol–water partition coefficient (Wildman–Crippen LogP) is 3.55. The fourth-order valence-corrected chi connectivity index (χ4v) is 2.19. The molecular formula is C17H20FNO3. The molecule has 0 spiro atoms. The number of rotatable bonds is 6. The van der Waals surface area contributed by atoms with E-state index >= 15 is 0 Å². The van der Waals surface area contributed by atoms with Crippen LogP contribution in [0.5, 0.6) is 5.75 Å². The predicted molar refractivity (Wildman–Crippen MR) is 81.3 cm³/mol. The number of methoxy groups -OCH3 is 1. The number of hydrogen-bond acceptors (Lipinski definition) is 3. The molecule has 1 atom stereocenters. The van der Waals surface area contributed by atoms with Gasteiger partial charge in [0, 0.05) is 6.42 Å². The number of carbonyl (C=O) groups excluding carboxylic acids is 1. The van der Waals surface area contributed by atoms with Crippen LogP contribution in [-0.2, 0) is 11.2 Å². The van der Waals surface area contributed by atoms with Crippen LogP contribution >= 0.6 is 0 Å². The summed E-state index contributed by atoms with van der Waals surface area (Å²) in [4.78, 5) is 11.9. The largest absolute Gasteiger partial charge is 0.494 e. The van der Waals surface area contributed by atoms with Crippen LogP contribution in [0.3, 0.4) is 0 Å². The van der Waals surface area contributed by atoms with Crippen LogP contribution in [0.2, 0.25) is 0 Å². The van der Waals surface area contributed by atoms with E-state index in [0.717, 1.165) is 17.1 Å². The minimum Gasteiger partial charge on any atom is -0.494 e. The summed E-state index contributed by atoms with van der Waals surface area (Å²) in [7, 11) is 1.42. The monoisotopic (exact) mass is 305 g/mol. The van der Waals surface area contributed by atoms with Gasteiger partial charge in [-0.2, -0.15) is 0 Å². The van der Waals surface area contributed by atoms with Crippen LogP contribution in [0.4, 0.5) is 4.39 Å². The fourth-order valence-electron chi connectivity index (χ4n) is 2.19. The molecule has 118 valence electrons. The molecule has 22 heavy (non-hydrogen) atoms. The SMILES string of the molecule is COc1ccc(CCC(=O)NC(C)c2ccc(C)o2)cc1F. The van der Waals surface area contributed by atoms with Gasteiger partial charge in [-0.1, -0.05) is 6.07 Å². The highest BCUT2D eigenvalue weighted by atomic mass is 19.1. The van der Waals surface area contributed by atoms with Crippen molar-refractivity contribution in [3.8, 4) is 5.75 Å². The molecule has 1 heterocycles. The first-order chi connectivity index (χ1) is 10.5. The molecule has 1 aromatic heterocycles. The summed E-state index contributed by atoms with van der Waals surface area (Å²) in [6.45, 7) is 3.72. The Bertz CT molecular complexity index is 651. The number of nitrogens with one attached hydrogen (secondary N) is 1. The zero-order chi connectivity index (χ0) is 16.1. The molecule has 0 aliphatic carbocycles. The lowest BCUT2D eigenvalue weighted by Gasteiger charge is -2.11. The maximum absolute atomic E-state index is 13.6. The molecule has 0 saturated heterocycles. The van der Waals surface area contributed by atoms with Gasteiger partial charge in [0.1, 0.15) is 11.5 Å². The molecule has 0 bridgehead atoms. The van der Waals surface area contributed by atoms with Crippen molar-refractivity contribution < 1.29 is 18.3 Å². The summed E-state index contributed by atoms with van der Waals surface area (Å²) in [6, 6.07) is 8.24. The first kappa shape index (κ1) is 16.1. The van der Waals surface area contributed by atoms with Crippen LogP contribution in [0.15, 0.2) is 34.7 Å². The van der Waals surface area contributed by atoms with Gasteiger partial charge in [-0.15, -0.1) is 0 Å². The number of ether oxygens (including phenoxy) is 1. The number of amides is 1. The Kier molecular flexibility index (Phi) is 5.20. The summed E-state index contributed by atoms with van der Waals surface area (Å²) in [6.07, 6.45) is 0.756. The Hall–Kier alpha value is -2.30. The Labute approximate surface area is 129 Å². The van der Waals surface area contributed by atoms with Gasteiger partial charge in [-0.25, -0.2) is 4.39 Å². The molecule has 0 aliphatic rings. The highest BCUT2D eigenvalue weighted by Gasteiger charge is 2.13. The van der Waals surface area contributed by atoms with Gasteiger partial charge in [0.25, 0.3) is 0 Å². The zero-order valence-corrected chi connectivity index (χ0v) is 13.0. The van der Waals surface area contributed by atoms with E-state index in [4.69, 9.17) is 9.15 Å². The van der Waals surface area contributed by atoms with Crippen LogP contribution in [0.25, 0.3) is 0 Å². The maximum atomic E-state index is 13.6. The molecule has 1 unspecified atom stereocenters. The van der Waals surface area contributed by atoms with Crippen molar-refractivity contribution >= 4 is 5.91 Å². The van der Waals surface area contributed by atoms with Crippen molar-refractivity contribution in [3.05, 3.63) is 53.2 Å². The van der Waals surface area contributed by atoms with E-state index in [1.54, 1.807) is 12.1 Å². The van der Waals surface area contributed by atoms with Crippen molar-refractivity contribution in [3.63, 3.8) is 0 Å². The number of carbonyl (C=O) groups is 1. The number of benzene rings is 1. The highest BCUT2D eigenvalue weighted by Crippen LogP contribution is 2.19. The molecule has 0 radical (unpaired) electrons. The third kappa shape index (κ3) is 4.10. The van der Waals surface area contributed by atoms with E-state index in [2.05, 4.69) is 5.32 Å². The summed E-state index contributed by atoms with van der Waals surface area (Å²) in [5.74, 6) is 1.22. The third-order valence-corrected chi connectivity index (χ3v) is 3.42. The normalized spacial score (nSPS) is 12.0. The summed E-state index contributed by atoms with van der Waals surface area (Å²) < 4.78 is 23.9. The third-order valence-electron chi connectivity index (χ3n) is 3.42. The van der Waals surface area contributed by atoms with E-state index in [9.17, 15) is 9.18 Å². The Morgan fingerprint density at radius 2 is 2.14 bits per heavy atom. The second-order valence-corrected chi connectivity index (χ2v) is 5.21. The summed E-state index contributed by atoms with van der Waals surface area (Å²) >= 11 is 0. The quantitative estimate of drug-likeness (QED) is 0.888. The molecule has 0 fully saturated rings. The van der Waals surface area contributed by atoms with Crippen LogP contribution in [-0.4, -0.2) is 13.0 Å². The van der Waals surface area contributed by atoms with Gasteiger partial charge < -0.3 is 14.5 Å². The lowest BCUT2D eigenvalue weighted by molar-refractivity contribution is -0.121. The number of furan rings is 1. The Morgan fingerprint density at radius 1 is 1.36 bits per heavy atom. The number of hydrogen-bond donors (Lipinski definition) is 1. The van der Waals surface area contributed by atoms with E-state index in [1.807, 2.05) is 26.0 Å². The Balaban J connectivity index is 1.86. The highest BCUT2D eigenvalue weighted by molar-refractivity contribution is 5.76. The zero-order valence-electron chi connectivity index (χ0n) is 13.0. The molecule has 0 aliphatic heterocycles. The van der Waals surface area contributed by atoms with Gasteiger partial charge in [-0.3, -0.25) is 4.79 Å². The van der Waals surface area contributed by atoms with Gasteiger partial charge in [0.05, 0.1) is 13.2 Å². The minimum atomic E-state index is -0.417. The van der Waals surface area contributed by atoms with Gasteiger partial charge in [0.15, 0.2) is 11.6 Å². The minimum absolute atomic E-state index is 0.0993. The molecule has 0 saturated carbocycles. The number of aryl methyl sites for hydroxylation is 2. The maximum Gasteiger partial charge on any atom is 0.220 e. The second-order valence-electron chi connectivity index (χ2n) is 5.21. The molecule has 5 heteroatoms. The second kappa shape index (κ2) is 7.11. The molecule has 1 amide bonds. The van der Waals surface area contributed by atoms with E-state index < -0.39 is 5.82 Å². The first-order valence-electron chi connectivity index (χ1n) is 7.17. The van der Waals surface area contributed by atoms with Crippen molar-refractivity contribution in [2.45, 2.75) is 32.7 Å². The molecule has 1 aromatic carbocycles. The topological polar surface area (TPSA) is 51.5 Å². The molecule has 2 rings (SSSR count). The van der Waals surface area contributed by atoms with Crippen LogP contribution < -0.4 is 10.1 Å². The van der Waals surface area contributed by atoms with E-state index in [1.165, 1.54) is 13.2 Å². The fraction of sp³-hybridized carbons (Fsp3) is 0.353. The lowest BCUT2D eigenvalue weighted by Crippen LogP contribution is -2.26. The van der Waals surface area contributed by atoms with Gasteiger partial charge in [0.2, 0.25) is 5.91 Å². The van der Waals surface area contributed by atoms with Crippen molar-refractivity contribution in [1.29, 1.82) is 0 Å². The average Bonchev–Trinajstić information content (AvgIpc) is 2.92. The van der Waals surface area contributed by atoms with Crippen molar-refractivity contribution in [2.24, 2.45) is 0 Å². The summed E-state index contributed by atoms with van der Waals surface area (Å²) in [5.41, 5.74) is 0.759. The molecule has 4 nitrogen and oxygen atoms in total. The smallest absolute Gasteiger partial charge is 0.220 e. The van der Waals surface area contributed by atoms with Crippen LogP contribution in [0.1, 0.15) is 36.5 Å². The summed E-state index contributed by atoms with van der Waals surface area (Å²) in [5, 5.41) is 2.87. The molecule has 1 N–H and O–H groups in total. The van der Waals surface area contributed by atoms with Crippen molar-refractivity contribution in [2.75, 3.05) is 7.11 Å². The first-order valence-corrected chi connectivity index (χ1v) is 7.17. The standard InChI is InChI=1S/C17H20FNO3/c1-11-4-7-15(22-11)12(2)19-17(20)9-6-13-5-8-16(21-3)14(18)10-13/h4-5,7-8,10,12H,6,9H2,1-3H3,(H,19,20). The lowest BCUT2D eigenvalue weighted by atomic mass is 10.1. The van der Waals surface area contributed by atoms with Gasteiger partial charge in [-0.05, 0) is 50.1 Å². The number of halogens is 1. The van der Waals surface area contributed by atoms with Gasteiger partial charge >= 0.3 is 0 Å². The van der Waals surface area contributed by atoms with Crippen molar-refractivity contribution in [1.82, 2.24) is 5.32 Å². The Morgan fingerprint density at radius 3 is 2.73 bits per heavy atom. The van der Waals surface area contributed by atoms with E-state index in [-0.39, 0.29) is 24.1 Å².